The Morgan fingerprint density at radius 3 is 2.49 bits per heavy atom. The Balaban J connectivity index is 1.38. The number of carbonyl (C=O) groups is 2. The first-order valence-electron chi connectivity index (χ1n) is 12.2. The molecular formula is C27H26Br2ClN4O3+. The van der Waals surface area contributed by atoms with Crippen LogP contribution in [0.5, 0.6) is 0 Å². The van der Waals surface area contributed by atoms with Crippen LogP contribution in [-0.4, -0.2) is 29.9 Å². The van der Waals surface area contributed by atoms with E-state index < -0.39 is 6.03 Å². The number of rotatable bonds is 3. The van der Waals surface area contributed by atoms with Crippen molar-refractivity contribution in [2.75, 3.05) is 13.1 Å². The van der Waals surface area contributed by atoms with Crippen molar-refractivity contribution in [2.24, 2.45) is 11.7 Å². The highest BCUT2D eigenvalue weighted by Crippen LogP contribution is 2.45. The highest BCUT2D eigenvalue weighted by atomic mass is 79.9. The summed E-state index contributed by atoms with van der Waals surface area (Å²) in [5.74, 6) is 0.178. The van der Waals surface area contributed by atoms with Gasteiger partial charge < -0.3 is 10.1 Å². The SMILES string of the molecule is NC(=O)[n+]1ccc(CC(=O)N2CCC([C@@H]3c4ccc(Cl)c(Br)c4CCc4cc(Br)c[n+]([O-])c43)CC2)cc1. The maximum absolute atomic E-state index is 13.2. The zero-order chi connectivity index (χ0) is 26.3. The number of hydrogen-bond acceptors (Lipinski definition) is 3. The molecular weight excluding hydrogens is 624 g/mol. The maximum Gasteiger partial charge on any atom is 0.493 e. The molecule has 1 aliphatic heterocycles. The van der Waals surface area contributed by atoms with Gasteiger partial charge in [-0.2, -0.15) is 14.1 Å². The summed E-state index contributed by atoms with van der Waals surface area (Å²) in [6.07, 6.45) is 8.12. The predicted molar refractivity (Wildman–Crippen MR) is 146 cm³/mol. The van der Waals surface area contributed by atoms with Gasteiger partial charge >= 0.3 is 6.03 Å². The van der Waals surface area contributed by atoms with E-state index in [1.807, 2.05) is 11.0 Å². The highest BCUT2D eigenvalue weighted by Gasteiger charge is 2.39. The van der Waals surface area contributed by atoms with E-state index in [1.54, 1.807) is 30.7 Å². The zero-order valence-electron chi connectivity index (χ0n) is 20.0. The maximum atomic E-state index is 13.2. The van der Waals surface area contributed by atoms with Crippen LogP contribution < -0.4 is 15.0 Å². The van der Waals surface area contributed by atoms with Crippen LogP contribution >= 0.6 is 43.5 Å². The van der Waals surface area contributed by atoms with Crippen molar-refractivity contribution in [1.82, 2.24) is 4.90 Å². The number of amides is 2. The minimum Gasteiger partial charge on any atom is -0.618 e. The first-order valence-corrected chi connectivity index (χ1v) is 14.2. The third-order valence-corrected chi connectivity index (χ3v) is 9.38. The summed E-state index contributed by atoms with van der Waals surface area (Å²) in [4.78, 5) is 26.2. The van der Waals surface area contributed by atoms with Gasteiger partial charge in [0, 0.05) is 23.1 Å². The predicted octanol–water partition coefficient (Wildman–Crippen LogP) is 4.42. The summed E-state index contributed by atoms with van der Waals surface area (Å²) in [6.45, 7) is 1.26. The Hall–Kier alpha value is -2.49. The van der Waals surface area contributed by atoms with E-state index in [0.29, 0.717) is 18.1 Å². The average Bonchev–Trinajstić information content (AvgIpc) is 3.04. The Bertz CT molecular complexity index is 1380. The van der Waals surface area contributed by atoms with Crippen LogP contribution in [0.4, 0.5) is 4.79 Å². The molecule has 2 aromatic heterocycles. The molecule has 1 saturated heterocycles. The number of aryl methyl sites for hydroxylation is 1. The second-order valence-corrected chi connectivity index (χ2v) is 11.8. The molecule has 0 bridgehead atoms. The van der Waals surface area contributed by atoms with Gasteiger partial charge in [-0.1, -0.05) is 17.7 Å². The van der Waals surface area contributed by atoms with E-state index in [4.69, 9.17) is 17.3 Å². The molecule has 2 N–H and O–H groups in total. The van der Waals surface area contributed by atoms with Crippen molar-refractivity contribution >= 4 is 55.4 Å². The molecule has 0 spiro atoms. The van der Waals surface area contributed by atoms with Gasteiger partial charge in [0.2, 0.25) is 11.6 Å². The quantitative estimate of drug-likeness (QED) is 0.336. The van der Waals surface area contributed by atoms with Gasteiger partial charge in [-0.25, -0.2) is 0 Å². The van der Waals surface area contributed by atoms with Gasteiger partial charge in [-0.05, 0) is 104 Å². The number of nitrogens with zero attached hydrogens (tertiary/aromatic N) is 3. The van der Waals surface area contributed by atoms with E-state index in [9.17, 15) is 14.8 Å². The van der Waals surface area contributed by atoms with Gasteiger partial charge in [0.15, 0.2) is 6.20 Å². The Morgan fingerprint density at radius 1 is 1.11 bits per heavy atom. The molecule has 1 aliphatic carbocycles. The second kappa shape index (κ2) is 10.7. The van der Waals surface area contributed by atoms with Gasteiger partial charge in [-0.15, -0.1) is 0 Å². The number of nitrogens with two attached hydrogens (primary N) is 1. The summed E-state index contributed by atoms with van der Waals surface area (Å²) in [7, 11) is 0. The molecule has 3 heterocycles. The fourth-order valence-corrected chi connectivity index (χ4v) is 6.86. The van der Waals surface area contributed by atoms with Crippen molar-refractivity contribution in [3.05, 3.63) is 96.0 Å². The Kier molecular flexibility index (Phi) is 7.56. The number of carbonyl (C=O) groups excluding carboxylic acids is 2. The standard InChI is InChI=1S/C27H25Br2ClN4O3/c28-19-14-18-1-2-21-20(3-4-22(30)25(21)29)24(26(18)34(37)15-19)17-7-11-32(12-8-17)23(35)13-16-5-9-33(10-6-16)27(31)36/h3-6,9-10,14-15,17,24H,1-2,7-8,11-13H2,(H-,31,36)/p+1/t24-/m1/s1. The summed E-state index contributed by atoms with van der Waals surface area (Å²) in [5.41, 5.74) is 10.2. The van der Waals surface area contributed by atoms with E-state index in [-0.39, 0.29) is 24.2 Å². The van der Waals surface area contributed by atoms with Crippen LogP contribution in [0, 0.1) is 11.1 Å². The molecule has 1 atom stereocenters. The normalized spacial score (nSPS) is 17.6. The van der Waals surface area contributed by atoms with Crippen LogP contribution in [-0.2, 0) is 24.1 Å². The van der Waals surface area contributed by atoms with E-state index in [2.05, 4.69) is 44.0 Å². The summed E-state index contributed by atoms with van der Waals surface area (Å²) in [6, 6.07) is 8.93. The van der Waals surface area contributed by atoms with Crippen molar-refractivity contribution in [3.63, 3.8) is 0 Å². The molecule has 192 valence electrons. The first-order chi connectivity index (χ1) is 17.7. The van der Waals surface area contributed by atoms with Crippen LogP contribution in [0.2, 0.25) is 5.02 Å². The number of halogens is 3. The molecule has 7 nitrogen and oxygen atoms in total. The molecule has 1 aromatic carbocycles. The summed E-state index contributed by atoms with van der Waals surface area (Å²) >= 11 is 13.6. The minimum absolute atomic E-state index is 0.0503. The number of primary amides is 1. The van der Waals surface area contributed by atoms with Gasteiger partial charge in [0.25, 0.3) is 0 Å². The van der Waals surface area contributed by atoms with E-state index in [0.717, 1.165) is 67.3 Å². The highest BCUT2D eigenvalue weighted by molar-refractivity contribution is 9.10. The van der Waals surface area contributed by atoms with Gasteiger partial charge in [-0.3, -0.25) is 10.5 Å². The number of benzene rings is 1. The van der Waals surface area contributed by atoms with Crippen LogP contribution in [0.1, 0.15) is 46.7 Å². The van der Waals surface area contributed by atoms with Crippen molar-refractivity contribution in [1.29, 1.82) is 0 Å². The fourth-order valence-electron chi connectivity index (χ4n) is 5.67. The second-order valence-electron chi connectivity index (χ2n) is 9.65. The van der Waals surface area contributed by atoms with Crippen molar-refractivity contribution < 1.29 is 18.9 Å². The molecule has 0 radical (unpaired) electrons. The summed E-state index contributed by atoms with van der Waals surface area (Å²) < 4.78 is 3.96. The fraction of sp³-hybridized carbons (Fsp3) is 0.333. The number of likely N-dealkylation sites (tertiary alicyclic amines) is 1. The van der Waals surface area contributed by atoms with Crippen LogP contribution in [0.25, 0.3) is 0 Å². The number of pyridine rings is 2. The molecule has 1 fully saturated rings. The van der Waals surface area contributed by atoms with E-state index >= 15 is 0 Å². The third kappa shape index (κ3) is 5.26. The number of piperidine rings is 1. The smallest absolute Gasteiger partial charge is 0.493 e. The molecule has 0 unspecified atom stereocenters. The lowest BCUT2D eigenvalue weighted by Gasteiger charge is -2.36. The van der Waals surface area contributed by atoms with Crippen molar-refractivity contribution in [2.45, 2.75) is 38.0 Å². The topological polar surface area (TPSA) is 94.2 Å². The van der Waals surface area contributed by atoms with Crippen molar-refractivity contribution in [3.8, 4) is 0 Å². The average molecular weight is 650 g/mol. The number of aromatic nitrogens is 2. The summed E-state index contributed by atoms with van der Waals surface area (Å²) in [5, 5.41) is 13.9. The monoisotopic (exact) mass is 647 g/mol. The number of hydrogen-bond donors (Lipinski definition) is 1. The molecule has 5 rings (SSSR count). The molecule has 10 heteroatoms. The molecule has 2 amide bonds. The van der Waals surface area contributed by atoms with E-state index in [1.165, 1.54) is 4.57 Å². The lowest BCUT2D eigenvalue weighted by Crippen LogP contribution is -2.46. The molecule has 3 aromatic rings. The lowest BCUT2D eigenvalue weighted by atomic mass is 9.76. The Labute approximate surface area is 237 Å². The first kappa shape index (κ1) is 26.1. The van der Waals surface area contributed by atoms with Gasteiger partial charge in [0.1, 0.15) is 0 Å². The van der Waals surface area contributed by atoms with Gasteiger partial charge in [0.05, 0.1) is 34.2 Å². The molecule has 2 aliphatic rings. The minimum atomic E-state index is -0.567. The zero-order valence-corrected chi connectivity index (χ0v) is 23.9. The number of fused-ring (bicyclic) bond motifs is 2. The van der Waals surface area contributed by atoms with Crippen LogP contribution in [0.3, 0.4) is 0 Å². The van der Waals surface area contributed by atoms with Crippen LogP contribution in [0.15, 0.2) is 57.9 Å². The third-order valence-electron chi connectivity index (χ3n) is 7.50. The lowest BCUT2D eigenvalue weighted by molar-refractivity contribution is -0.616. The Morgan fingerprint density at radius 2 is 1.81 bits per heavy atom. The largest absolute Gasteiger partial charge is 0.618 e. The molecule has 37 heavy (non-hydrogen) atoms. The molecule has 0 saturated carbocycles.